The average molecular weight is 286 g/mol. The van der Waals surface area contributed by atoms with E-state index in [1.54, 1.807) is 24.3 Å². The van der Waals surface area contributed by atoms with Crippen molar-refractivity contribution in [3.8, 4) is 6.07 Å². The Hall–Kier alpha value is -2.26. The molecule has 0 radical (unpaired) electrons. The molecule has 6 heteroatoms. The Morgan fingerprint density at radius 1 is 1.30 bits per heavy atom. The standard InChI is InChI=1S/C14H14N4OS/c1-14(2,3)12-11(20-18-17-12)13(19)16-10-6-4-9(8-15)5-7-10/h4-7H,1-3H3,(H,16,19). The van der Waals surface area contributed by atoms with Crippen LogP contribution in [0.25, 0.3) is 0 Å². The summed E-state index contributed by atoms with van der Waals surface area (Å²) in [6.07, 6.45) is 0. The normalized spacial score (nSPS) is 10.9. The Morgan fingerprint density at radius 2 is 1.95 bits per heavy atom. The van der Waals surface area contributed by atoms with Gasteiger partial charge in [0.1, 0.15) is 4.88 Å². The maximum absolute atomic E-state index is 12.3. The zero-order valence-corrected chi connectivity index (χ0v) is 12.3. The number of rotatable bonds is 2. The molecular weight excluding hydrogens is 272 g/mol. The first-order valence-electron chi connectivity index (χ1n) is 6.06. The number of nitrogens with zero attached hydrogens (tertiary/aromatic N) is 3. The molecule has 1 amide bonds. The summed E-state index contributed by atoms with van der Waals surface area (Å²) in [5.74, 6) is -0.227. The topological polar surface area (TPSA) is 78.7 Å². The van der Waals surface area contributed by atoms with Crippen molar-refractivity contribution in [2.45, 2.75) is 26.2 Å². The lowest BCUT2D eigenvalue weighted by atomic mass is 9.91. The number of nitrogens with one attached hydrogen (secondary N) is 1. The molecule has 0 bridgehead atoms. The fourth-order valence-corrected chi connectivity index (χ4v) is 2.42. The number of amides is 1. The van der Waals surface area contributed by atoms with Crippen molar-refractivity contribution in [1.82, 2.24) is 9.59 Å². The first kappa shape index (κ1) is 14.2. The second-order valence-electron chi connectivity index (χ2n) is 5.34. The minimum absolute atomic E-state index is 0.227. The van der Waals surface area contributed by atoms with Gasteiger partial charge in [-0.05, 0) is 35.8 Å². The molecule has 0 atom stereocenters. The summed E-state index contributed by atoms with van der Waals surface area (Å²) >= 11 is 1.09. The largest absolute Gasteiger partial charge is 0.321 e. The number of aromatic nitrogens is 2. The predicted octanol–water partition coefficient (Wildman–Crippen LogP) is 2.96. The van der Waals surface area contributed by atoms with E-state index in [-0.39, 0.29) is 11.3 Å². The molecule has 1 heterocycles. The van der Waals surface area contributed by atoms with Crippen molar-refractivity contribution in [3.05, 3.63) is 40.4 Å². The predicted molar refractivity (Wildman–Crippen MR) is 77.7 cm³/mol. The summed E-state index contributed by atoms with van der Waals surface area (Å²) in [4.78, 5) is 12.8. The molecule has 1 N–H and O–H groups in total. The zero-order valence-electron chi connectivity index (χ0n) is 11.5. The Labute approximate surface area is 121 Å². The molecule has 1 aromatic carbocycles. The first-order valence-corrected chi connectivity index (χ1v) is 6.83. The molecule has 0 fully saturated rings. The maximum atomic E-state index is 12.3. The highest BCUT2D eigenvalue weighted by Crippen LogP contribution is 2.26. The second-order valence-corrected chi connectivity index (χ2v) is 6.10. The molecule has 0 aliphatic heterocycles. The molecule has 0 unspecified atom stereocenters. The van der Waals surface area contributed by atoms with Gasteiger partial charge in [0.2, 0.25) is 0 Å². The number of anilines is 1. The van der Waals surface area contributed by atoms with E-state index in [0.717, 1.165) is 11.5 Å². The van der Waals surface area contributed by atoms with Crippen molar-refractivity contribution < 1.29 is 4.79 Å². The van der Waals surface area contributed by atoms with Crippen LogP contribution in [0.3, 0.4) is 0 Å². The van der Waals surface area contributed by atoms with Crippen molar-refractivity contribution >= 4 is 23.1 Å². The monoisotopic (exact) mass is 286 g/mol. The molecule has 20 heavy (non-hydrogen) atoms. The van der Waals surface area contributed by atoms with E-state index >= 15 is 0 Å². The number of carbonyl (C=O) groups is 1. The average Bonchev–Trinajstić information content (AvgIpc) is 2.89. The Bertz CT molecular complexity index is 662. The summed E-state index contributed by atoms with van der Waals surface area (Å²) in [6.45, 7) is 5.96. The lowest BCUT2D eigenvalue weighted by Gasteiger charge is -2.16. The van der Waals surface area contributed by atoms with E-state index in [1.807, 2.05) is 26.8 Å². The van der Waals surface area contributed by atoms with E-state index in [9.17, 15) is 4.79 Å². The SMILES string of the molecule is CC(C)(C)c1nnsc1C(=O)Nc1ccc(C#N)cc1. The lowest BCUT2D eigenvalue weighted by Crippen LogP contribution is -2.19. The van der Waals surface area contributed by atoms with Gasteiger partial charge in [-0.25, -0.2) is 0 Å². The highest BCUT2D eigenvalue weighted by Gasteiger charge is 2.26. The summed E-state index contributed by atoms with van der Waals surface area (Å²) in [6, 6.07) is 8.74. The van der Waals surface area contributed by atoms with E-state index in [2.05, 4.69) is 14.9 Å². The van der Waals surface area contributed by atoms with Gasteiger partial charge in [0.25, 0.3) is 5.91 Å². The number of hydrogen-bond acceptors (Lipinski definition) is 5. The first-order chi connectivity index (χ1) is 9.41. The summed E-state index contributed by atoms with van der Waals surface area (Å²) in [7, 11) is 0. The number of carbonyl (C=O) groups excluding carboxylic acids is 1. The van der Waals surface area contributed by atoms with Gasteiger partial charge >= 0.3 is 0 Å². The van der Waals surface area contributed by atoms with Crippen LogP contribution in [-0.4, -0.2) is 15.5 Å². The van der Waals surface area contributed by atoms with E-state index in [1.165, 1.54) is 0 Å². The molecule has 1 aromatic heterocycles. The fourth-order valence-electron chi connectivity index (χ4n) is 1.65. The zero-order chi connectivity index (χ0) is 14.8. The minimum atomic E-state index is -0.232. The van der Waals surface area contributed by atoms with Gasteiger partial charge in [0, 0.05) is 11.1 Å². The van der Waals surface area contributed by atoms with Gasteiger partial charge in [-0.3, -0.25) is 4.79 Å². The smallest absolute Gasteiger partial charge is 0.269 e. The summed E-state index contributed by atoms with van der Waals surface area (Å²) < 4.78 is 3.87. The summed E-state index contributed by atoms with van der Waals surface area (Å²) in [5.41, 5.74) is 1.65. The molecule has 2 aromatic rings. The third-order valence-electron chi connectivity index (χ3n) is 2.68. The molecule has 102 valence electrons. The van der Waals surface area contributed by atoms with Gasteiger partial charge in [-0.1, -0.05) is 25.3 Å². The minimum Gasteiger partial charge on any atom is -0.321 e. The highest BCUT2D eigenvalue weighted by molar-refractivity contribution is 7.08. The van der Waals surface area contributed by atoms with E-state index < -0.39 is 0 Å². The van der Waals surface area contributed by atoms with Crippen molar-refractivity contribution in [2.75, 3.05) is 5.32 Å². The lowest BCUT2D eigenvalue weighted by molar-refractivity contribution is 0.102. The molecular formula is C14H14N4OS. The molecule has 0 spiro atoms. The van der Waals surface area contributed by atoms with Crippen LogP contribution in [0.2, 0.25) is 0 Å². The van der Waals surface area contributed by atoms with Gasteiger partial charge in [0.15, 0.2) is 0 Å². The van der Waals surface area contributed by atoms with E-state index in [4.69, 9.17) is 5.26 Å². The van der Waals surface area contributed by atoms with Crippen molar-refractivity contribution in [1.29, 1.82) is 5.26 Å². The van der Waals surface area contributed by atoms with Crippen molar-refractivity contribution in [2.24, 2.45) is 0 Å². The van der Waals surface area contributed by atoms with Crippen LogP contribution in [-0.2, 0) is 5.41 Å². The quantitative estimate of drug-likeness (QED) is 0.920. The van der Waals surface area contributed by atoms with Crippen LogP contribution in [0.15, 0.2) is 24.3 Å². The van der Waals surface area contributed by atoms with Crippen LogP contribution in [0.5, 0.6) is 0 Å². The third-order valence-corrected chi connectivity index (χ3v) is 3.40. The third kappa shape index (κ3) is 3.00. The molecule has 2 rings (SSSR count). The van der Waals surface area contributed by atoms with Crippen LogP contribution in [0, 0.1) is 11.3 Å². The number of benzene rings is 1. The molecule has 0 saturated heterocycles. The number of nitriles is 1. The molecule has 5 nitrogen and oxygen atoms in total. The second kappa shape index (κ2) is 5.39. The van der Waals surface area contributed by atoms with E-state index in [0.29, 0.717) is 21.8 Å². The van der Waals surface area contributed by atoms with Crippen LogP contribution in [0.1, 0.15) is 41.7 Å². The Kier molecular flexibility index (Phi) is 3.81. The maximum Gasteiger partial charge on any atom is 0.269 e. The molecule has 0 aliphatic rings. The van der Waals surface area contributed by atoms with Crippen LogP contribution >= 0.6 is 11.5 Å². The highest BCUT2D eigenvalue weighted by atomic mass is 32.1. The molecule has 0 aliphatic carbocycles. The van der Waals surface area contributed by atoms with Crippen LogP contribution < -0.4 is 5.32 Å². The summed E-state index contributed by atoms with van der Waals surface area (Å²) in [5, 5.41) is 15.6. The van der Waals surface area contributed by atoms with Gasteiger partial charge in [-0.15, -0.1) is 5.10 Å². The Morgan fingerprint density at radius 3 is 2.50 bits per heavy atom. The Balaban J connectivity index is 2.20. The van der Waals surface area contributed by atoms with Gasteiger partial charge in [0.05, 0.1) is 17.3 Å². The van der Waals surface area contributed by atoms with Gasteiger partial charge < -0.3 is 5.32 Å². The van der Waals surface area contributed by atoms with Crippen LogP contribution in [0.4, 0.5) is 5.69 Å². The number of hydrogen-bond donors (Lipinski definition) is 1. The molecule has 0 saturated carbocycles. The van der Waals surface area contributed by atoms with Gasteiger partial charge in [-0.2, -0.15) is 5.26 Å². The fraction of sp³-hybridized carbons (Fsp3) is 0.286. The van der Waals surface area contributed by atoms with Crippen molar-refractivity contribution in [3.63, 3.8) is 0 Å².